The van der Waals surface area contributed by atoms with E-state index in [1.54, 1.807) is 6.07 Å². The Labute approximate surface area is 98.2 Å². The van der Waals surface area contributed by atoms with Crippen molar-refractivity contribution in [2.75, 3.05) is 0 Å². The summed E-state index contributed by atoms with van der Waals surface area (Å²) in [6.07, 6.45) is 0. The minimum atomic E-state index is 0.232. The topological polar surface area (TPSA) is 33.1 Å². The first kappa shape index (κ1) is 9.93. The van der Waals surface area contributed by atoms with E-state index >= 15 is 0 Å². The van der Waals surface area contributed by atoms with E-state index in [2.05, 4.69) is 36.8 Å². The average Bonchev–Trinajstić information content (AvgIpc) is 2.14. The summed E-state index contributed by atoms with van der Waals surface area (Å²) >= 11 is 6.69. The largest absolute Gasteiger partial charge is 0.506 e. The van der Waals surface area contributed by atoms with Crippen molar-refractivity contribution in [3.63, 3.8) is 0 Å². The number of halogens is 2. The van der Waals surface area contributed by atoms with Gasteiger partial charge in [0.05, 0.1) is 9.99 Å². The summed E-state index contributed by atoms with van der Waals surface area (Å²) in [5.41, 5.74) is 1.71. The van der Waals surface area contributed by atoms with Crippen molar-refractivity contribution in [3.05, 3.63) is 32.8 Å². The van der Waals surface area contributed by atoms with Gasteiger partial charge in [0.25, 0.3) is 0 Å². The highest BCUT2D eigenvalue weighted by molar-refractivity contribution is 9.11. The maximum Gasteiger partial charge on any atom is 0.139 e. The number of aromatic nitrogens is 1. The van der Waals surface area contributed by atoms with E-state index < -0.39 is 0 Å². The molecule has 0 saturated carbocycles. The zero-order valence-corrected chi connectivity index (χ0v) is 10.6. The molecule has 0 bridgehead atoms. The lowest BCUT2D eigenvalue weighted by Gasteiger charge is -2.05. The number of aromatic hydroxyl groups is 1. The van der Waals surface area contributed by atoms with Crippen molar-refractivity contribution in [1.82, 2.24) is 4.98 Å². The van der Waals surface area contributed by atoms with Crippen LogP contribution in [-0.4, -0.2) is 10.1 Å². The van der Waals surface area contributed by atoms with Gasteiger partial charge in [-0.25, -0.2) is 0 Å². The van der Waals surface area contributed by atoms with Crippen molar-refractivity contribution in [1.29, 1.82) is 0 Å². The highest BCUT2D eigenvalue weighted by Gasteiger charge is 2.09. The monoisotopic (exact) mass is 315 g/mol. The second-order valence-corrected chi connectivity index (χ2v) is 4.75. The zero-order valence-electron chi connectivity index (χ0n) is 7.38. The van der Waals surface area contributed by atoms with E-state index in [9.17, 15) is 5.11 Å². The van der Waals surface area contributed by atoms with Crippen molar-refractivity contribution in [3.8, 4) is 5.75 Å². The van der Waals surface area contributed by atoms with Crippen LogP contribution in [0.4, 0.5) is 0 Å². The molecule has 0 aliphatic carbocycles. The molecule has 1 heterocycles. The van der Waals surface area contributed by atoms with Crippen LogP contribution in [0.2, 0.25) is 0 Å². The molecule has 0 atom stereocenters. The molecule has 2 nitrogen and oxygen atoms in total. The molecule has 0 radical (unpaired) electrons. The van der Waals surface area contributed by atoms with Gasteiger partial charge in [-0.3, -0.25) is 4.98 Å². The number of benzene rings is 1. The van der Waals surface area contributed by atoms with Gasteiger partial charge < -0.3 is 5.11 Å². The Morgan fingerprint density at radius 3 is 2.64 bits per heavy atom. The molecular weight excluding hydrogens is 310 g/mol. The van der Waals surface area contributed by atoms with Crippen LogP contribution in [0, 0.1) is 6.92 Å². The SMILES string of the molecule is Cc1ccc2c(O)c(Br)cc(Br)c2n1. The van der Waals surface area contributed by atoms with Gasteiger partial charge in [-0.15, -0.1) is 0 Å². The molecule has 0 aliphatic heterocycles. The van der Waals surface area contributed by atoms with Crippen LogP contribution in [0.3, 0.4) is 0 Å². The van der Waals surface area contributed by atoms with E-state index in [0.29, 0.717) is 4.47 Å². The van der Waals surface area contributed by atoms with Crippen LogP contribution >= 0.6 is 31.9 Å². The average molecular weight is 317 g/mol. The Bertz CT molecular complexity index is 511. The number of fused-ring (bicyclic) bond motifs is 1. The third kappa shape index (κ3) is 1.53. The number of hydrogen-bond donors (Lipinski definition) is 1. The molecule has 0 unspecified atom stereocenters. The van der Waals surface area contributed by atoms with Gasteiger partial charge in [-0.05, 0) is 57.0 Å². The van der Waals surface area contributed by atoms with Crippen LogP contribution < -0.4 is 0 Å². The standard InChI is InChI=1S/C10H7Br2NO/c1-5-2-3-6-9(13-5)7(11)4-8(12)10(6)14/h2-4,14H,1H3. The van der Waals surface area contributed by atoms with Gasteiger partial charge in [0.15, 0.2) is 0 Å². The highest BCUT2D eigenvalue weighted by Crippen LogP contribution is 2.36. The van der Waals surface area contributed by atoms with E-state index in [-0.39, 0.29) is 5.75 Å². The Balaban J connectivity index is 2.94. The summed E-state index contributed by atoms with van der Waals surface area (Å²) < 4.78 is 1.54. The van der Waals surface area contributed by atoms with Gasteiger partial charge in [-0.2, -0.15) is 0 Å². The smallest absolute Gasteiger partial charge is 0.139 e. The van der Waals surface area contributed by atoms with Crippen LogP contribution in [0.1, 0.15) is 5.69 Å². The first-order valence-electron chi connectivity index (χ1n) is 4.04. The van der Waals surface area contributed by atoms with E-state index in [4.69, 9.17) is 0 Å². The molecule has 0 spiro atoms. The normalized spacial score (nSPS) is 10.8. The number of phenolic OH excluding ortho intramolecular Hbond substituents is 1. The quantitative estimate of drug-likeness (QED) is 0.802. The molecule has 1 aromatic heterocycles. The molecule has 1 aromatic carbocycles. The lowest BCUT2D eigenvalue weighted by atomic mass is 10.2. The van der Waals surface area contributed by atoms with Gasteiger partial charge in [-0.1, -0.05) is 0 Å². The number of aryl methyl sites for hydroxylation is 1. The fraction of sp³-hybridized carbons (Fsp3) is 0.100. The summed E-state index contributed by atoms with van der Waals surface area (Å²) in [6, 6.07) is 5.54. The minimum absolute atomic E-state index is 0.232. The second kappa shape index (κ2) is 3.51. The van der Waals surface area contributed by atoms with Crippen LogP contribution in [0.25, 0.3) is 10.9 Å². The van der Waals surface area contributed by atoms with Crippen molar-refractivity contribution < 1.29 is 5.11 Å². The van der Waals surface area contributed by atoms with Crippen LogP contribution in [0.15, 0.2) is 27.1 Å². The number of rotatable bonds is 0. The van der Waals surface area contributed by atoms with Crippen LogP contribution in [0.5, 0.6) is 5.75 Å². The molecule has 2 aromatic rings. The van der Waals surface area contributed by atoms with Crippen molar-refractivity contribution in [2.24, 2.45) is 0 Å². The van der Waals surface area contributed by atoms with Gasteiger partial charge in [0, 0.05) is 15.6 Å². The maximum absolute atomic E-state index is 9.77. The zero-order chi connectivity index (χ0) is 10.3. The molecular formula is C10H7Br2NO. The lowest BCUT2D eigenvalue weighted by Crippen LogP contribution is -1.85. The first-order valence-corrected chi connectivity index (χ1v) is 5.62. The third-order valence-corrected chi connectivity index (χ3v) is 3.20. The van der Waals surface area contributed by atoms with Crippen molar-refractivity contribution >= 4 is 42.8 Å². The Kier molecular flexibility index (Phi) is 2.49. The fourth-order valence-corrected chi connectivity index (χ4v) is 2.59. The van der Waals surface area contributed by atoms with E-state index in [1.807, 2.05) is 19.1 Å². The Morgan fingerprint density at radius 2 is 1.93 bits per heavy atom. The summed E-state index contributed by atoms with van der Waals surface area (Å²) in [7, 11) is 0. The molecule has 0 fully saturated rings. The third-order valence-electron chi connectivity index (χ3n) is 2.00. The van der Waals surface area contributed by atoms with Crippen molar-refractivity contribution in [2.45, 2.75) is 6.92 Å². The number of hydrogen-bond acceptors (Lipinski definition) is 2. The summed E-state index contributed by atoms with van der Waals surface area (Å²) in [5, 5.41) is 10.5. The van der Waals surface area contributed by atoms with E-state index in [0.717, 1.165) is 21.1 Å². The maximum atomic E-state index is 9.77. The summed E-state index contributed by atoms with van der Waals surface area (Å²) in [6.45, 7) is 1.92. The summed E-state index contributed by atoms with van der Waals surface area (Å²) in [5.74, 6) is 0.232. The molecule has 14 heavy (non-hydrogen) atoms. The lowest BCUT2D eigenvalue weighted by molar-refractivity contribution is 0.478. The second-order valence-electron chi connectivity index (χ2n) is 3.04. The Hall–Kier alpha value is -0.610. The highest BCUT2D eigenvalue weighted by atomic mass is 79.9. The molecule has 0 aliphatic rings. The predicted octanol–water partition coefficient (Wildman–Crippen LogP) is 3.77. The van der Waals surface area contributed by atoms with Crippen LogP contribution in [-0.2, 0) is 0 Å². The minimum Gasteiger partial charge on any atom is -0.506 e. The molecule has 0 saturated heterocycles. The number of pyridine rings is 1. The molecule has 72 valence electrons. The van der Waals surface area contributed by atoms with Gasteiger partial charge in [0.2, 0.25) is 0 Å². The molecule has 0 amide bonds. The Morgan fingerprint density at radius 1 is 1.21 bits per heavy atom. The molecule has 1 N–H and O–H groups in total. The molecule has 4 heteroatoms. The van der Waals surface area contributed by atoms with Gasteiger partial charge >= 0.3 is 0 Å². The van der Waals surface area contributed by atoms with E-state index in [1.165, 1.54) is 0 Å². The number of nitrogens with zero attached hydrogens (tertiary/aromatic N) is 1. The molecule has 2 rings (SSSR count). The summed E-state index contributed by atoms with van der Waals surface area (Å²) in [4.78, 5) is 4.35. The first-order chi connectivity index (χ1) is 6.59. The predicted molar refractivity (Wildman–Crippen MR) is 63.5 cm³/mol. The van der Waals surface area contributed by atoms with Gasteiger partial charge in [0.1, 0.15) is 5.75 Å². The number of phenols is 1. The fourth-order valence-electron chi connectivity index (χ4n) is 1.31.